The molecule has 1 heterocycles. The van der Waals surface area contributed by atoms with Crippen LogP contribution in [-0.2, 0) is 10.0 Å². The zero-order chi connectivity index (χ0) is 15.8. The highest BCUT2D eigenvalue weighted by Gasteiger charge is 2.25. The predicted octanol–water partition coefficient (Wildman–Crippen LogP) is 1.38. The summed E-state index contributed by atoms with van der Waals surface area (Å²) in [6, 6.07) is 3.14. The Bertz CT molecular complexity index is 869. The molecule has 0 saturated carbocycles. The van der Waals surface area contributed by atoms with Crippen LogP contribution >= 0.6 is 11.3 Å². The number of carbonyl (C=O) groups is 1. The van der Waals surface area contributed by atoms with E-state index in [0.717, 1.165) is 18.2 Å². The summed E-state index contributed by atoms with van der Waals surface area (Å²) in [5.74, 6) is -2.51. The molecule has 3 N–H and O–H groups in total. The molecule has 0 spiro atoms. The molecule has 2 rings (SSSR count). The van der Waals surface area contributed by atoms with E-state index in [1.165, 1.54) is 6.92 Å². The van der Waals surface area contributed by atoms with Gasteiger partial charge in [0.1, 0.15) is 5.82 Å². The highest BCUT2D eigenvalue weighted by molar-refractivity contribution is 7.94. The zero-order valence-corrected chi connectivity index (χ0v) is 12.1. The smallest absolute Gasteiger partial charge is 0.337 e. The first-order chi connectivity index (χ1) is 9.72. The number of nitrogens with one attached hydrogen (secondary N) is 2. The van der Waals surface area contributed by atoms with E-state index < -0.39 is 37.9 Å². The maximum Gasteiger partial charge on any atom is 0.337 e. The lowest BCUT2D eigenvalue weighted by Crippen LogP contribution is -2.16. The van der Waals surface area contributed by atoms with Gasteiger partial charge in [0, 0.05) is 5.69 Å². The fourth-order valence-corrected chi connectivity index (χ4v) is 4.02. The third-order valence-electron chi connectivity index (χ3n) is 2.51. The number of halogens is 1. The highest BCUT2D eigenvalue weighted by Crippen LogP contribution is 2.25. The number of benzene rings is 1. The number of thiazole rings is 1. The standard InChI is InChI=1S/C11H9FN2O5S2/c1-5-10(20-11(17)13-5)21(18,19)14-8-6(9(15)16)3-2-4-7(8)12/h2-4,14H,1H3,(H,13,17)(H,15,16). The van der Waals surface area contributed by atoms with E-state index in [9.17, 15) is 22.4 Å². The van der Waals surface area contributed by atoms with Crippen LogP contribution < -0.4 is 9.60 Å². The summed E-state index contributed by atoms with van der Waals surface area (Å²) in [4.78, 5) is 23.9. The summed E-state index contributed by atoms with van der Waals surface area (Å²) in [7, 11) is -4.27. The summed E-state index contributed by atoms with van der Waals surface area (Å²) in [5, 5.41) is 8.96. The van der Waals surface area contributed by atoms with Crippen LogP contribution in [-0.4, -0.2) is 24.5 Å². The van der Waals surface area contributed by atoms with Crippen LogP contribution in [0.25, 0.3) is 0 Å². The van der Waals surface area contributed by atoms with Crippen LogP contribution in [0.15, 0.2) is 27.2 Å². The molecule has 0 amide bonds. The van der Waals surface area contributed by atoms with Crippen molar-refractivity contribution in [2.75, 3.05) is 4.72 Å². The largest absolute Gasteiger partial charge is 0.478 e. The molecule has 10 heteroatoms. The van der Waals surface area contributed by atoms with Crippen molar-refractivity contribution >= 4 is 33.0 Å². The topological polar surface area (TPSA) is 116 Å². The number of para-hydroxylation sites is 1. The Morgan fingerprint density at radius 3 is 2.62 bits per heavy atom. The third kappa shape index (κ3) is 2.95. The van der Waals surface area contributed by atoms with Crippen LogP contribution in [0, 0.1) is 12.7 Å². The van der Waals surface area contributed by atoms with Gasteiger partial charge in [-0.2, -0.15) is 0 Å². The van der Waals surface area contributed by atoms with E-state index in [0.29, 0.717) is 11.3 Å². The SMILES string of the molecule is Cc1[nH]c(=O)sc1S(=O)(=O)Nc1c(F)cccc1C(=O)O. The molecule has 0 saturated heterocycles. The molecule has 1 aromatic heterocycles. The van der Waals surface area contributed by atoms with Crippen molar-refractivity contribution in [3.63, 3.8) is 0 Å². The highest BCUT2D eigenvalue weighted by atomic mass is 32.2. The number of carboxylic acids is 1. The lowest BCUT2D eigenvalue weighted by atomic mass is 10.2. The Balaban J connectivity index is 2.54. The monoisotopic (exact) mass is 332 g/mol. The minimum absolute atomic E-state index is 0.0886. The van der Waals surface area contributed by atoms with Crippen LogP contribution in [0.5, 0.6) is 0 Å². The van der Waals surface area contributed by atoms with Gasteiger partial charge >= 0.3 is 10.8 Å². The van der Waals surface area contributed by atoms with Crippen molar-refractivity contribution in [3.8, 4) is 0 Å². The summed E-state index contributed by atoms with van der Waals surface area (Å²) in [6.07, 6.45) is 0. The fourth-order valence-electron chi connectivity index (χ4n) is 1.63. The number of rotatable bonds is 4. The Morgan fingerprint density at radius 2 is 2.10 bits per heavy atom. The second-order valence-electron chi connectivity index (χ2n) is 4.00. The normalized spacial score (nSPS) is 11.3. The molecule has 112 valence electrons. The minimum Gasteiger partial charge on any atom is -0.478 e. The van der Waals surface area contributed by atoms with Gasteiger partial charge in [0.15, 0.2) is 4.21 Å². The molecule has 0 atom stereocenters. The van der Waals surface area contributed by atoms with Crippen LogP contribution in [0.1, 0.15) is 16.1 Å². The van der Waals surface area contributed by atoms with Gasteiger partial charge in [-0.05, 0) is 19.1 Å². The number of anilines is 1. The number of aromatic nitrogens is 1. The van der Waals surface area contributed by atoms with E-state index in [-0.39, 0.29) is 9.90 Å². The van der Waals surface area contributed by atoms with Gasteiger partial charge < -0.3 is 10.1 Å². The van der Waals surface area contributed by atoms with E-state index in [1.807, 2.05) is 4.72 Å². The van der Waals surface area contributed by atoms with Gasteiger partial charge in [0.2, 0.25) is 0 Å². The maximum atomic E-state index is 13.7. The summed E-state index contributed by atoms with van der Waals surface area (Å²) in [6.45, 7) is 1.37. The number of sulfonamides is 1. The predicted molar refractivity (Wildman–Crippen MR) is 73.8 cm³/mol. The number of hydrogen-bond donors (Lipinski definition) is 3. The molecular weight excluding hydrogens is 323 g/mol. The Kier molecular flexibility index (Phi) is 3.83. The molecule has 0 unspecified atom stereocenters. The quantitative estimate of drug-likeness (QED) is 0.782. The van der Waals surface area contributed by atoms with E-state index in [2.05, 4.69) is 4.98 Å². The first-order valence-electron chi connectivity index (χ1n) is 5.46. The van der Waals surface area contributed by atoms with Crippen molar-refractivity contribution in [1.82, 2.24) is 4.98 Å². The van der Waals surface area contributed by atoms with Crippen molar-refractivity contribution in [1.29, 1.82) is 0 Å². The van der Waals surface area contributed by atoms with Gasteiger partial charge in [0.25, 0.3) is 10.0 Å². The molecule has 0 bridgehead atoms. The number of aryl methyl sites for hydroxylation is 1. The van der Waals surface area contributed by atoms with Crippen LogP contribution in [0.2, 0.25) is 0 Å². The average Bonchev–Trinajstić information content (AvgIpc) is 2.71. The second-order valence-corrected chi connectivity index (χ2v) is 6.86. The minimum atomic E-state index is -4.27. The summed E-state index contributed by atoms with van der Waals surface area (Å²) >= 11 is 0.429. The molecule has 0 radical (unpaired) electrons. The Labute approximate surface area is 122 Å². The van der Waals surface area contributed by atoms with E-state index >= 15 is 0 Å². The molecule has 1 aromatic carbocycles. The third-order valence-corrected chi connectivity index (χ3v) is 5.46. The second kappa shape index (κ2) is 5.30. The van der Waals surface area contributed by atoms with Crippen molar-refractivity contribution < 1.29 is 22.7 Å². The molecule has 2 aromatic rings. The molecule has 0 aliphatic carbocycles. The first kappa shape index (κ1) is 15.2. The molecule has 0 fully saturated rings. The van der Waals surface area contributed by atoms with Crippen LogP contribution in [0.4, 0.5) is 10.1 Å². The number of hydrogen-bond acceptors (Lipinski definition) is 5. The molecular formula is C11H9FN2O5S2. The summed E-state index contributed by atoms with van der Waals surface area (Å²) in [5.41, 5.74) is -1.12. The van der Waals surface area contributed by atoms with Crippen LogP contribution in [0.3, 0.4) is 0 Å². The number of aromatic amines is 1. The first-order valence-corrected chi connectivity index (χ1v) is 7.76. The number of H-pyrrole nitrogens is 1. The van der Waals surface area contributed by atoms with Gasteiger partial charge in [-0.1, -0.05) is 17.4 Å². The molecule has 21 heavy (non-hydrogen) atoms. The average molecular weight is 332 g/mol. The van der Waals surface area contributed by atoms with Crippen molar-refractivity contribution in [3.05, 3.63) is 44.9 Å². The van der Waals surface area contributed by atoms with Gasteiger partial charge in [0.05, 0.1) is 11.3 Å². The lowest BCUT2D eigenvalue weighted by Gasteiger charge is -2.10. The van der Waals surface area contributed by atoms with E-state index in [1.54, 1.807) is 0 Å². The van der Waals surface area contributed by atoms with E-state index in [4.69, 9.17) is 5.11 Å². The Morgan fingerprint density at radius 1 is 1.43 bits per heavy atom. The van der Waals surface area contributed by atoms with Crippen molar-refractivity contribution in [2.24, 2.45) is 0 Å². The van der Waals surface area contributed by atoms with Gasteiger partial charge in [-0.3, -0.25) is 9.52 Å². The van der Waals surface area contributed by atoms with Crippen molar-refractivity contribution in [2.45, 2.75) is 11.1 Å². The number of aromatic carboxylic acids is 1. The lowest BCUT2D eigenvalue weighted by molar-refractivity contribution is 0.0697. The molecule has 0 aliphatic rings. The Hall–Kier alpha value is -2.20. The summed E-state index contributed by atoms with van der Waals surface area (Å²) < 4.78 is 39.5. The zero-order valence-electron chi connectivity index (χ0n) is 10.5. The fraction of sp³-hybridized carbons (Fsp3) is 0.0909. The maximum absolute atomic E-state index is 13.7. The van der Waals surface area contributed by atoms with Gasteiger partial charge in [-0.25, -0.2) is 17.6 Å². The molecule has 7 nitrogen and oxygen atoms in total. The molecule has 0 aliphatic heterocycles. The number of carboxylic acid groups (broad SMARTS) is 1. The van der Waals surface area contributed by atoms with Gasteiger partial charge in [-0.15, -0.1) is 0 Å².